The quantitative estimate of drug-likeness (QED) is 0.155. The van der Waals surface area contributed by atoms with E-state index in [1.165, 1.54) is 89.9 Å². The molecule has 0 bridgehead atoms. The van der Waals surface area contributed by atoms with Crippen molar-refractivity contribution >= 4 is 23.6 Å². The summed E-state index contributed by atoms with van der Waals surface area (Å²) in [5.74, 6) is 0.0187. The van der Waals surface area contributed by atoms with E-state index in [0.29, 0.717) is 12.0 Å². The number of hydrogen-bond acceptors (Lipinski definition) is 4. The van der Waals surface area contributed by atoms with E-state index in [0.717, 1.165) is 16.2 Å². The number of benzene rings is 2. The Bertz CT molecular complexity index is 869. The predicted molar refractivity (Wildman–Crippen MR) is 161 cm³/mol. The van der Waals surface area contributed by atoms with Gasteiger partial charge in [-0.25, -0.2) is 0 Å². The molecule has 0 aromatic heterocycles. The number of carbonyl (C=O) groups is 2. The lowest BCUT2D eigenvalue weighted by Crippen LogP contribution is -2.17. The zero-order valence-electron chi connectivity index (χ0n) is 23.7. The first-order chi connectivity index (χ1) is 18.5. The Morgan fingerprint density at radius 1 is 0.684 bits per heavy atom. The molecule has 0 saturated heterocycles. The largest absolute Gasteiger partial charge is 0.508 e. The summed E-state index contributed by atoms with van der Waals surface area (Å²) >= 11 is 1.58. The van der Waals surface area contributed by atoms with Crippen LogP contribution in [0.5, 0.6) is 5.75 Å². The van der Waals surface area contributed by atoms with E-state index in [4.69, 9.17) is 5.73 Å². The Kier molecular flexibility index (Phi) is 19.9. The zero-order chi connectivity index (χ0) is 27.8. The van der Waals surface area contributed by atoms with Crippen LogP contribution >= 0.6 is 11.8 Å². The monoisotopic (exact) mass is 542 g/mol. The summed E-state index contributed by atoms with van der Waals surface area (Å²) in [6.07, 6.45) is 20.9. The van der Waals surface area contributed by atoms with Crippen molar-refractivity contribution < 1.29 is 14.7 Å². The first-order valence-corrected chi connectivity index (χ1v) is 15.3. The molecule has 0 aliphatic carbocycles. The Morgan fingerprint density at radius 2 is 1.08 bits per heavy atom. The van der Waals surface area contributed by atoms with Gasteiger partial charge in [0.2, 0.25) is 5.91 Å². The lowest BCUT2D eigenvalue weighted by Gasteiger charge is -2.03. The Morgan fingerprint density at radius 3 is 1.47 bits per heavy atom. The van der Waals surface area contributed by atoms with Gasteiger partial charge in [-0.15, -0.1) is 0 Å². The van der Waals surface area contributed by atoms with Gasteiger partial charge in [-0.1, -0.05) is 109 Å². The van der Waals surface area contributed by atoms with Crippen LogP contribution in [0.4, 0.5) is 0 Å². The molecule has 2 amide bonds. The van der Waals surface area contributed by atoms with Gasteiger partial charge in [-0.3, -0.25) is 9.59 Å². The zero-order valence-corrected chi connectivity index (χ0v) is 24.5. The highest BCUT2D eigenvalue weighted by Gasteiger charge is 2.03. The number of nitrogens with one attached hydrogen (secondary N) is 1. The van der Waals surface area contributed by atoms with Crippen LogP contribution in [0.1, 0.15) is 120 Å². The number of primary amides is 1. The Hall–Kier alpha value is -2.47. The molecule has 0 aliphatic heterocycles. The molecule has 2 rings (SSSR count). The summed E-state index contributed by atoms with van der Waals surface area (Å²) in [4.78, 5) is 24.0. The van der Waals surface area contributed by atoms with Crippen LogP contribution in [0.15, 0.2) is 58.3 Å². The highest BCUT2D eigenvalue weighted by Crippen LogP contribution is 2.28. The van der Waals surface area contributed by atoms with Gasteiger partial charge in [-0.05, 0) is 55.0 Å². The molecule has 2 aromatic rings. The maximum Gasteiger partial charge on any atom is 0.251 e. The van der Waals surface area contributed by atoms with E-state index in [-0.39, 0.29) is 17.6 Å². The number of phenolic OH excluding ortho intramolecular Hbond substituents is 1. The van der Waals surface area contributed by atoms with Crippen molar-refractivity contribution in [2.75, 3.05) is 7.05 Å². The van der Waals surface area contributed by atoms with E-state index >= 15 is 0 Å². The van der Waals surface area contributed by atoms with Gasteiger partial charge in [0.05, 0.1) is 0 Å². The first-order valence-electron chi connectivity index (χ1n) is 14.5. The van der Waals surface area contributed by atoms with Crippen molar-refractivity contribution in [1.82, 2.24) is 5.32 Å². The van der Waals surface area contributed by atoms with Crippen molar-refractivity contribution in [3.8, 4) is 5.75 Å². The third-order valence-corrected chi connectivity index (χ3v) is 7.46. The van der Waals surface area contributed by atoms with E-state index < -0.39 is 0 Å². The predicted octanol–water partition coefficient (Wildman–Crippen LogP) is 8.64. The minimum absolute atomic E-state index is 0.0869. The van der Waals surface area contributed by atoms with Gasteiger partial charge in [0.25, 0.3) is 5.91 Å². The number of hydrogen-bond donors (Lipinski definition) is 3. The van der Waals surface area contributed by atoms with Crippen LogP contribution in [-0.2, 0) is 4.79 Å². The van der Waals surface area contributed by atoms with Crippen LogP contribution in [0.2, 0.25) is 0 Å². The van der Waals surface area contributed by atoms with Crippen molar-refractivity contribution in [2.45, 2.75) is 119 Å². The molecule has 6 heteroatoms. The van der Waals surface area contributed by atoms with Crippen molar-refractivity contribution in [2.24, 2.45) is 5.73 Å². The van der Waals surface area contributed by atoms with E-state index in [1.807, 2.05) is 24.3 Å². The highest BCUT2D eigenvalue weighted by molar-refractivity contribution is 7.99. The first kappa shape index (κ1) is 33.6. The molecule has 0 spiro atoms. The standard InChI is InChI=1S/C18H37NO.C14H13NO2S/c1-2-3-4-5-6-7-8-9-10-11-12-13-14-15-16-17-18(19)20;1-15-14(17)10-2-6-12(7-3-10)18-13-8-4-11(16)5-9-13/h2-17H2,1H3,(H2,19,20);2-9,16H,1H3,(H,15,17). The van der Waals surface area contributed by atoms with Gasteiger partial charge in [0.15, 0.2) is 0 Å². The van der Waals surface area contributed by atoms with Crippen LogP contribution in [-0.4, -0.2) is 24.0 Å². The molecule has 0 saturated carbocycles. The molecule has 38 heavy (non-hydrogen) atoms. The molecular formula is C32H50N2O3S. The third-order valence-electron chi connectivity index (χ3n) is 6.44. The molecular weight excluding hydrogens is 492 g/mol. The van der Waals surface area contributed by atoms with Crippen LogP contribution < -0.4 is 11.1 Å². The fourth-order valence-corrected chi connectivity index (χ4v) is 4.96. The van der Waals surface area contributed by atoms with E-state index in [2.05, 4.69) is 12.2 Å². The molecule has 0 unspecified atom stereocenters. The van der Waals surface area contributed by atoms with Crippen molar-refractivity contribution in [1.29, 1.82) is 0 Å². The minimum atomic E-state index is -0.153. The summed E-state index contributed by atoms with van der Waals surface area (Å²) in [7, 11) is 1.61. The number of carbonyl (C=O) groups excluding carboxylic acids is 2. The second-order valence-corrected chi connectivity index (χ2v) is 11.0. The minimum Gasteiger partial charge on any atom is -0.508 e. The van der Waals surface area contributed by atoms with Gasteiger partial charge in [0.1, 0.15) is 5.75 Å². The molecule has 0 radical (unpaired) electrons. The average molecular weight is 543 g/mol. The molecule has 4 N–H and O–H groups in total. The topological polar surface area (TPSA) is 92.4 Å². The Labute approximate surface area is 235 Å². The lowest BCUT2D eigenvalue weighted by molar-refractivity contribution is -0.118. The Balaban J connectivity index is 0.000000381. The molecule has 5 nitrogen and oxygen atoms in total. The van der Waals surface area contributed by atoms with Crippen LogP contribution in [0.25, 0.3) is 0 Å². The SMILES string of the molecule is CCCCCCCCCCCCCCCCCC(N)=O.CNC(=O)c1ccc(Sc2ccc(O)cc2)cc1. The smallest absolute Gasteiger partial charge is 0.251 e. The van der Waals surface area contributed by atoms with Gasteiger partial charge >= 0.3 is 0 Å². The summed E-state index contributed by atoms with van der Waals surface area (Å²) in [6, 6.07) is 14.4. The van der Waals surface area contributed by atoms with Crippen molar-refractivity contribution in [3.63, 3.8) is 0 Å². The number of aromatic hydroxyl groups is 1. The van der Waals surface area contributed by atoms with E-state index in [9.17, 15) is 14.7 Å². The number of unbranched alkanes of at least 4 members (excludes halogenated alkanes) is 14. The maximum absolute atomic E-state index is 11.4. The fraction of sp³-hybridized carbons (Fsp3) is 0.562. The van der Waals surface area contributed by atoms with Crippen LogP contribution in [0, 0.1) is 0 Å². The summed E-state index contributed by atoms with van der Waals surface area (Å²) in [5, 5.41) is 11.8. The summed E-state index contributed by atoms with van der Waals surface area (Å²) < 4.78 is 0. The van der Waals surface area contributed by atoms with Gasteiger partial charge in [0, 0.05) is 28.8 Å². The van der Waals surface area contributed by atoms with Crippen molar-refractivity contribution in [3.05, 3.63) is 54.1 Å². The molecule has 0 heterocycles. The third kappa shape index (κ3) is 17.9. The fourth-order valence-electron chi connectivity index (χ4n) is 4.14. The number of phenols is 1. The molecule has 0 atom stereocenters. The normalized spacial score (nSPS) is 10.5. The molecule has 0 fully saturated rings. The second kappa shape index (κ2) is 22.5. The molecule has 0 aliphatic rings. The average Bonchev–Trinajstić information content (AvgIpc) is 2.92. The number of rotatable bonds is 19. The lowest BCUT2D eigenvalue weighted by atomic mass is 10.0. The highest BCUT2D eigenvalue weighted by atomic mass is 32.2. The van der Waals surface area contributed by atoms with Gasteiger partial charge < -0.3 is 16.2 Å². The summed E-state index contributed by atoms with van der Waals surface area (Å²) in [5.41, 5.74) is 5.75. The summed E-state index contributed by atoms with van der Waals surface area (Å²) in [6.45, 7) is 2.28. The van der Waals surface area contributed by atoms with Crippen LogP contribution in [0.3, 0.4) is 0 Å². The van der Waals surface area contributed by atoms with E-state index in [1.54, 1.807) is 43.1 Å². The number of amides is 2. The number of nitrogens with two attached hydrogens (primary N) is 1. The molecule has 212 valence electrons. The second-order valence-electron chi connectivity index (χ2n) is 9.87. The maximum atomic E-state index is 11.4. The van der Waals surface area contributed by atoms with Gasteiger partial charge in [-0.2, -0.15) is 0 Å². The molecule has 2 aromatic carbocycles.